The summed E-state index contributed by atoms with van der Waals surface area (Å²) in [5.41, 5.74) is 1.93. The molecule has 1 aromatic carbocycles. The van der Waals surface area contributed by atoms with Crippen molar-refractivity contribution >= 4 is 5.97 Å². The molecule has 0 fully saturated rings. The van der Waals surface area contributed by atoms with Crippen LogP contribution in [0.4, 0.5) is 0 Å². The van der Waals surface area contributed by atoms with Gasteiger partial charge in [0.15, 0.2) is 0 Å². The Bertz CT molecular complexity index is 419. The van der Waals surface area contributed by atoms with Gasteiger partial charge in [-0.3, -0.25) is 4.79 Å². The van der Waals surface area contributed by atoms with E-state index in [1.807, 2.05) is 31.2 Å². The average molecular weight is 295 g/mol. The summed E-state index contributed by atoms with van der Waals surface area (Å²) in [5, 5.41) is 22.5. The van der Waals surface area contributed by atoms with Gasteiger partial charge in [-0.1, -0.05) is 29.8 Å². The highest BCUT2D eigenvalue weighted by molar-refractivity contribution is 5.66. The van der Waals surface area contributed by atoms with Crippen molar-refractivity contribution < 1.29 is 19.7 Å². The Morgan fingerprint density at radius 1 is 1.33 bits per heavy atom. The number of carboxylic acid groups (broad SMARTS) is 1. The van der Waals surface area contributed by atoms with Crippen LogP contribution in [0.1, 0.15) is 36.5 Å². The zero-order valence-electron chi connectivity index (χ0n) is 12.7. The van der Waals surface area contributed by atoms with Crippen LogP contribution in [-0.2, 0) is 9.53 Å². The van der Waals surface area contributed by atoms with Gasteiger partial charge < -0.3 is 20.3 Å². The molecule has 1 rings (SSSR count). The van der Waals surface area contributed by atoms with Gasteiger partial charge in [-0.2, -0.15) is 0 Å². The second kappa shape index (κ2) is 9.50. The fourth-order valence-electron chi connectivity index (χ4n) is 2.15. The average Bonchev–Trinajstić information content (AvgIpc) is 2.46. The molecule has 0 aromatic heterocycles. The zero-order valence-corrected chi connectivity index (χ0v) is 12.7. The maximum atomic E-state index is 10.8. The number of aliphatic hydroxyl groups is 1. The molecular weight excluding hydrogens is 270 g/mol. The lowest BCUT2D eigenvalue weighted by Crippen LogP contribution is -2.36. The van der Waals surface area contributed by atoms with Crippen LogP contribution in [0.15, 0.2) is 24.3 Å². The van der Waals surface area contributed by atoms with Gasteiger partial charge in [-0.15, -0.1) is 0 Å². The quantitative estimate of drug-likeness (QED) is 0.574. The minimum Gasteiger partial charge on any atom is -0.481 e. The maximum Gasteiger partial charge on any atom is 0.303 e. The van der Waals surface area contributed by atoms with Gasteiger partial charge in [-0.25, -0.2) is 0 Å². The highest BCUT2D eigenvalue weighted by Gasteiger charge is 2.21. The van der Waals surface area contributed by atoms with Crippen molar-refractivity contribution in [1.29, 1.82) is 0 Å². The van der Waals surface area contributed by atoms with E-state index in [9.17, 15) is 9.90 Å². The third-order valence-corrected chi connectivity index (χ3v) is 3.40. The number of ether oxygens (including phenoxy) is 1. The molecule has 2 unspecified atom stereocenters. The fraction of sp³-hybridized carbons (Fsp3) is 0.562. The number of aliphatic carboxylic acids is 1. The van der Waals surface area contributed by atoms with Crippen molar-refractivity contribution in [2.45, 2.75) is 38.3 Å². The number of benzene rings is 1. The van der Waals surface area contributed by atoms with Crippen molar-refractivity contribution in [3.63, 3.8) is 0 Å². The molecule has 0 bridgehead atoms. The Morgan fingerprint density at radius 2 is 2.00 bits per heavy atom. The first-order valence-electron chi connectivity index (χ1n) is 7.23. The minimum absolute atomic E-state index is 0.0326. The molecule has 5 nitrogen and oxygen atoms in total. The fourth-order valence-corrected chi connectivity index (χ4v) is 2.15. The van der Waals surface area contributed by atoms with Gasteiger partial charge in [-0.05, 0) is 31.9 Å². The molecule has 21 heavy (non-hydrogen) atoms. The Morgan fingerprint density at radius 3 is 2.57 bits per heavy atom. The molecule has 118 valence electrons. The molecule has 0 aliphatic rings. The van der Waals surface area contributed by atoms with Crippen LogP contribution < -0.4 is 5.32 Å². The van der Waals surface area contributed by atoms with Gasteiger partial charge in [0.05, 0.1) is 6.10 Å². The second-order valence-corrected chi connectivity index (χ2v) is 5.19. The van der Waals surface area contributed by atoms with E-state index in [0.717, 1.165) is 17.5 Å². The summed E-state index contributed by atoms with van der Waals surface area (Å²) < 4.78 is 4.98. The Kier molecular flexibility index (Phi) is 7.97. The summed E-state index contributed by atoms with van der Waals surface area (Å²) in [6.45, 7) is 3.31. The highest BCUT2D eigenvalue weighted by Crippen LogP contribution is 2.20. The lowest BCUT2D eigenvalue weighted by Gasteiger charge is -2.24. The summed E-state index contributed by atoms with van der Waals surface area (Å²) in [5.74, 6) is -0.852. The first-order chi connectivity index (χ1) is 10.0. The van der Waals surface area contributed by atoms with E-state index in [1.165, 1.54) is 0 Å². The molecular formula is C16H25NO4. The molecule has 0 saturated carbocycles. The number of rotatable bonds is 10. The van der Waals surface area contributed by atoms with Gasteiger partial charge in [0.2, 0.25) is 0 Å². The monoisotopic (exact) mass is 295 g/mol. The molecule has 0 aliphatic carbocycles. The van der Waals surface area contributed by atoms with Crippen LogP contribution in [0.3, 0.4) is 0 Å². The Hall–Kier alpha value is -1.43. The van der Waals surface area contributed by atoms with Crippen LogP contribution in [-0.4, -0.2) is 42.5 Å². The number of aliphatic hydroxyl groups excluding tert-OH is 1. The van der Waals surface area contributed by atoms with E-state index in [0.29, 0.717) is 19.6 Å². The van der Waals surface area contributed by atoms with Crippen molar-refractivity contribution in [2.75, 3.05) is 20.3 Å². The van der Waals surface area contributed by atoms with Crippen molar-refractivity contribution in [2.24, 2.45) is 0 Å². The summed E-state index contributed by atoms with van der Waals surface area (Å²) in [6.07, 6.45) is 0.524. The molecule has 0 aliphatic heterocycles. The van der Waals surface area contributed by atoms with E-state index in [2.05, 4.69) is 5.32 Å². The van der Waals surface area contributed by atoms with E-state index in [1.54, 1.807) is 7.11 Å². The minimum atomic E-state index is -0.852. The van der Waals surface area contributed by atoms with E-state index in [-0.39, 0.29) is 12.5 Å². The summed E-state index contributed by atoms with van der Waals surface area (Å²) >= 11 is 0. The number of methoxy groups -OCH3 is 1. The lowest BCUT2D eigenvalue weighted by atomic mass is 9.97. The SMILES string of the molecule is COCCCNC(CCC(=O)O)C(O)c1ccc(C)cc1. The Labute approximate surface area is 125 Å². The van der Waals surface area contributed by atoms with Gasteiger partial charge >= 0.3 is 5.97 Å². The van der Waals surface area contributed by atoms with Crippen LogP contribution in [0.25, 0.3) is 0 Å². The second-order valence-electron chi connectivity index (χ2n) is 5.19. The standard InChI is InChI=1S/C16H25NO4/c1-12-4-6-13(7-5-12)16(20)14(8-9-15(18)19)17-10-3-11-21-2/h4-7,14,16-17,20H,3,8-11H2,1-2H3,(H,18,19). The van der Waals surface area contributed by atoms with E-state index < -0.39 is 12.1 Å². The van der Waals surface area contributed by atoms with E-state index in [4.69, 9.17) is 9.84 Å². The van der Waals surface area contributed by atoms with Gasteiger partial charge in [0.25, 0.3) is 0 Å². The number of nitrogens with one attached hydrogen (secondary N) is 1. The van der Waals surface area contributed by atoms with Crippen molar-refractivity contribution in [3.05, 3.63) is 35.4 Å². The van der Waals surface area contributed by atoms with Crippen molar-refractivity contribution in [1.82, 2.24) is 5.32 Å². The van der Waals surface area contributed by atoms with Crippen LogP contribution in [0.2, 0.25) is 0 Å². The van der Waals surface area contributed by atoms with Crippen LogP contribution >= 0.6 is 0 Å². The predicted molar refractivity (Wildman–Crippen MR) is 81.3 cm³/mol. The van der Waals surface area contributed by atoms with Crippen molar-refractivity contribution in [3.8, 4) is 0 Å². The third kappa shape index (κ3) is 6.71. The zero-order chi connectivity index (χ0) is 15.7. The van der Waals surface area contributed by atoms with Crippen LogP contribution in [0, 0.1) is 6.92 Å². The lowest BCUT2D eigenvalue weighted by molar-refractivity contribution is -0.137. The molecule has 5 heteroatoms. The smallest absolute Gasteiger partial charge is 0.303 e. The summed E-state index contributed by atoms with van der Waals surface area (Å²) in [4.78, 5) is 10.8. The van der Waals surface area contributed by atoms with Gasteiger partial charge in [0, 0.05) is 26.2 Å². The molecule has 0 saturated heterocycles. The number of aryl methyl sites for hydroxylation is 1. The first-order valence-corrected chi connectivity index (χ1v) is 7.23. The number of hydrogen-bond donors (Lipinski definition) is 3. The highest BCUT2D eigenvalue weighted by atomic mass is 16.5. The van der Waals surface area contributed by atoms with E-state index >= 15 is 0 Å². The first kappa shape index (κ1) is 17.6. The molecule has 0 heterocycles. The predicted octanol–water partition coefficient (Wildman–Crippen LogP) is 1.89. The summed E-state index contributed by atoms with van der Waals surface area (Å²) in [7, 11) is 1.64. The molecule has 2 atom stereocenters. The molecule has 0 amide bonds. The molecule has 0 radical (unpaired) electrons. The molecule has 1 aromatic rings. The largest absolute Gasteiger partial charge is 0.481 e. The number of hydrogen-bond acceptors (Lipinski definition) is 4. The number of carboxylic acids is 1. The number of carbonyl (C=O) groups is 1. The van der Waals surface area contributed by atoms with Crippen LogP contribution in [0.5, 0.6) is 0 Å². The van der Waals surface area contributed by atoms with Gasteiger partial charge in [0.1, 0.15) is 0 Å². The summed E-state index contributed by atoms with van der Waals surface area (Å²) in [6, 6.07) is 7.37. The topological polar surface area (TPSA) is 78.8 Å². The maximum absolute atomic E-state index is 10.8. The Balaban J connectivity index is 2.63. The normalized spacial score (nSPS) is 13.9. The third-order valence-electron chi connectivity index (χ3n) is 3.40. The molecule has 3 N–H and O–H groups in total. The molecule has 0 spiro atoms.